The van der Waals surface area contributed by atoms with Crippen LogP contribution in [0.4, 0.5) is 17.3 Å². The van der Waals surface area contributed by atoms with Crippen molar-refractivity contribution in [1.82, 2.24) is 9.97 Å². The van der Waals surface area contributed by atoms with Gasteiger partial charge in [0.15, 0.2) is 0 Å². The maximum Gasteiger partial charge on any atom is 0.222 e. The molecule has 1 aliphatic heterocycles. The Hall–Kier alpha value is -2.67. The molecule has 2 aliphatic carbocycles. The number of ether oxygens (including phenoxy) is 2. The SMILES string of the molecule is COCC1CC(Oc2cc(C)cc(N3CC4(CC4)c4cnc(NC(C)=O)cc43)n2)C1. The molecule has 2 fully saturated rings. The summed E-state index contributed by atoms with van der Waals surface area (Å²) in [6.07, 6.45) is 6.49. The molecule has 2 aromatic heterocycles. The molecule has 7 nitrogen and oxygen atoms in total. The number of amides is 1. The second kappa shape index (κ2) is 7.23. The molecule has 1 spiro atoms. The number of carbonyl (C=O) groups excluding carboxylic acids is 1. The van der Waals surface area contributed by atoms with Gasteiger partial charge in [0.1, 0.15) is 17.7 Å². The maximum absolute atomic E-state index is 11.5. The minimum absolute atomic E-state index is 0.121. The molecule has 7 heteroatoms. The van der Waals surface area contributed by atoms with Gasteiger partial charge in [0, 0.05) is 56.5 Å². The predicted molar refractivity (Wildman–Crippen MR) is 114 cm³/mol. The minimum atomic E-state index is -0.121. The predicted octanol–water partition coefficient (Wildman–Crippen LogP) is 3.73. The summed E-state index contributed by atoms with van der Waals surface area (Å²) >= 11 is 0. The van der Waals surface area contributed by atoms with Crippen molar-refractivity contribution in [3.63, 3.8) is 0 Å². The zero-order valence-corrected chi connectivity index (χ0v) is 17.8. The Labute approximate surface area is 176 Å². The van der Waals surface area contributed by atoms with E-state index in [1.165, 1.54) is 12.5 Å². The second-order valence-electron chi connectivity index (χ2n) is 9.01. The number of nitrogens with one attached hydrogen (secondary N) is 1. The third-order valence-corrected chi connectivity index (χ3v) is 6.45. The average molecular weight is 409 g/mol. The summed E-state index contributed by atoms with van der Waals surface area (Å²) in [5, 5.41) is 2.80. The van der Waals surface area contributed by atoms with Gasteiger partial charge < -0.3 is 19.7 Å². The quantitative estimate of drug-likeness (QED) is 0.785. The zero-order chi connectivity index (χ0) is 20.9. The Morgan fingerprint density at radius 2 is 2.10 bits per heavy atom. The second-order valence-corrected chi connectivity index (χ2v) is 9.01. The number of nitrogens with zero attached hydrogens (tertiary/aromatic N) is 3. The molecule has 0 bridgehead atoms. The van der Waals surface area contributed by atoms with E-state index in [2.05, 4.69) is 28.2 Å². The highest BCUT2D eigenvalue weighted by atomic mass is 16.5. The standard InChI is InChI=1S/C23H28N4O3/c1-14-6-21(26-22(7-14)30-17-8-16(9-17)12-29-3)27-13-23(4-5-23)18-11-24-20(10-19(18)27)25-15(2)28/h6-7,10-11,16-17H,4-5,8-9,12-13H2,1-3H3,(H,24,25,28). The highest BCUT2D eigenvalue weighted by Gasteiger charge is 2.52. The number of hydrogen-bond acceptors (Lipinski definition) is 6. The zero-order valence-electron chi connectivity index (χ0n) is 17.8. The number of anilines is 3. The Morgan fingerprint density at radius 3 is 2.80 bits per heavy atom. The molecule has 2 aromatic rings. The fourth-order valence-electron chi connectivity index (χ4n) is 4.71. The first-order valence-corrected chi connectivity index (χ1v) is 10.7. The Bertz CT molecular complexity index is 982. The third-order valence-electron chi connectivity index (χ3n) is 6.45. The Kier molecular flexibility index (Phi) is 4.65. The van der Waals surface area contributed by atoms with Crippen molar-refractivity contribution >= 4 is 23.2 Å². The molecule has 1 N–H and O–H groups in total. The van der Waals surface area contributed by atoms with Crippen LogP contribution in [-0.4, -0.2) is 42.2 Å². The topological polar surface area (TPSA) is 76.6 Å². The van der Waals surface area contributed by atoms with Crippen LogP contribution in [0.15, 0.2) is 24.4 Å². The molecule has 0 unspecified atom stereocenters. The molecular formula is C23H28N4O3. The number of pyridine rings is 2. The van der Waals surface area contributed by atoms with Gasteiger partial charge in [-0.05, 0) is 50.2 Å². The lowest BCUT2D eigenvalue weighted by Gasteiger charge is -2.34. The van der Waals surface area contributed by atoms with E-state index in [0.717, 1.165) is 55.9 Å². The van der Waals surface area contributed by atoms with Crippen molar-refractivity contribution in [3.8, 4) is 5.88 Å². The molecule has 3 heterocycles. The van der Waals surface area contributed by atoms with E-state index in [1.54, 1.807) is 7.11 Å². The van der Waals surface area contributed by atoms with Crippen molar-refractivity contribution in [2.75, 3.05) is 30.5 Å². The molecule has 1 amide bonds. The molecule has 2 saturated carbocycles. The van der Waals surface area contributed by atoms with E-state index in [9.17, 15) is 4.79 Å². The van der Waals surface area contributed by atoms with Crippen LogP contribution in [0.25, 0.3) is 0 Å². The summed E-state index contributed by atoms with van der Waals surface area (Å²) in [7, 11) is 1.75. The number of aryl methyl sites for hydroxylation is 1. The van der Waals surface area contributed by atoms with Crippen LogP contribution in [0, 0.1) is 12.8 Å². The number of aromatic nitrogens is 2. The first-order valence-electron chi connectivity index (χ1n) is 10.7. The first-order chi connectivity index (χ1) is 14.5. The van der Waals surface area contributed by atoms with Crippen LogP contribution in [0.3, 0.4) is 0 Å². The van der Waals surface area contributed by atoms with Gasteiger partial charge in [0.25, 0.3) is 0 Å². The van der Waals surface area contributed by atoms with Crippen LogP contribution < -0.4 is 15.0 Å². The molecule has 5 rings (SSSR count). The fraction of sp³-hybridized carbons (Fsp3) is 0.522. The summed E-state index contributed by atoms with van der Waals surface area (Å²) in [4.78, 5) is 23.1. The van der Waals surface area contributed by atoms with Crippen molar-refractivity contribution in [3.05, 3.63) is 35.5 Å². The van der Waals surface area contributed by atoms with Crippen molar-refractivity contribution in [2.45, 2.75) is 51.0 Å². The van der Waals surface area contributed by atoms with Crippen LogP contribution in [0.2, 0.25) is 0 Å². The molecule has 0 aromatic carbocycles. The van der Waals surface area contributed by atoms with Gasteiger partial charge in [-0.2, -0.15) is 4.98 Å². The van der Waals surface area contributed by atoms with Gasteiger partial charge >= 0.3 is 0 Å². The normalized spacial score (nSPS) is 23.1. The van der Waals surface area contributed by atoms with Crippen LogP contribution >= 0.6 is 0 Å². The number of hydrogen-bond donors (Lipinski definition) is 1. The maximum atomic E-state index is 11.5. The minimum Gasteiger partial charge on any atom is -0.474 e. The molecule has 3 aliphatic rings. The fourth-order valence-corrected chi connectivity index (χ4v) is 4.71. The van der Waals surface area contributed by atoms with E-state index in [-0.39, 0.29) is 17.4 Å². The molecule has 30 heavy (non-hydrogen) atoms. The monoisotopic (exact) mass is 408 g/mol. The van der Waals surface area contributed by atoms with Crippen molar-refractivity contribution < 1.29 is 14.3 Å². The number of rotatable bonds is 6. The van der Waals surface area contributed by atoms with E-state index >= 15 is 0 Å². The van der Waals surface area contributed by atoms with Gasteiger partial charge in [-0.3, -0.25) is 4.79 Å². The largest absolute Gasteiger partial charge is 0.474 e. The van der Waals surface area contributed by atoms with E-state index < -0.39 is 0 Å². The van der Waals surface area contributed by atoms with Crippen LogP contribution in [-0.2, 0) is 14.9 Å². The summed E-state index contributed by atoms with van der Waals surface area (Å²) in [5.74, 6) is 2.61. The highest BCUT2D eigenvalue weighted by Crippen LogP contribution is 2.58. The summed E-state index contributed by atoms with van der Waals surface area (Å²) in [5.41, 5.74) is 3.63. The van der Waals surface area contributed by atoms with Crippen molar-refractivity contribution in [1.29, 1.82) is 0 Å². The number of carbonyl (C=O) groups is 1. The summed E-state index contributed by atoms with van der Waals surface area (Å²) < 4.78 is 11.4. The van der Waals surface area contributed by atoms with E-state index in [0.29, 0.717) is 17.6 Å². The molecule has 0 saturated heterocycles. The lowest BCUT2D eigenvalue weighted by atomic mass is 9.83. The summed E-state index contributed by atoms with van der Waals surface area (Å²) in [6.45, 7) is 5.26. The van der Waals surface area contributed by atoms with Gasteiger partial charge in [0.2, 0.25) is 11.8 Å². The van der Waals surface area contributed by atoms with Gasteiger partial charge in [-0.15, -0.1) is 0 Å². The van der Waals surface area contributed by atoms with Gasteiger partial charge in [0.05, 0.1) is 5.69 Å². The van der Waals surface area contributed by atoms with Crippen molar-refractivity contribution in [2.24, 2.45) is 5.92 Å². The van der Waals surface area contributed by atoms with Crippen LogP contribution in [0.1, 0.15) is 43.7 Å². The van der Waals surface area contributed by atoms with Gasteiger partial charge in [-0.25, -0.2) is 4.98 Å². The number of methoxy groups -OCH3 is 1. The third kappa shape index (κ3) is 3.51. The highest BCUT2D eigenvalue weighted by molar-refractivity contribution is 5.89. The summed E-state index contributed by atoms with van der Waals surface area (Å²) in [6, 6.07) is 6.08. The lowest BCUT2D eigenvalue weighted by Crippen LogP contribution is -2.36. The Morgan fingerprint density at radius 1 is 1.30 bits per heavy atom. The molecule has 158 valence electrons. The van der Waals surface area contributed by atoms with Gasteiger partial charge in [-0.1, -0.05) is 0 Å². The molecular weight excluding hydrogens is 380 g/mol. The van der Waals surface area contributed by atoms with E-state index in [1.807, 2.05) is 18.3 Å². The molecule has 0 radical (unpaired) electrons. The van der Waals surface area contributed by atoms with Crippen LogP contribution in [0.5, 0.6) is 5.88 Å². The Balaban J connectivity index is 1.41. The first kappa shape index (κ1) is 19.3. The lowest BCUT2D eigenvalue weighted by molar-refractivity contribution is -0.114. The molecule has 0 atom stereocenters. The van der Waals surface area contributed by atoms with E-state index in [4.69, 9.17) is 14.5 Å². The number of fused-ring (bicyclic) bond motifs is 2. The average Bonchev–Trinajstić information content (AvgIpc) is 3.36. The smallest absolute Gasteiger partial charge is 0.222 e.